The highest BCUT2D eigenvalue weighted by Crippen LogP contribution is 2.22. The van der Waals surface area contributed by atoms with Crippen molar-refractivity contribution in [2.45, 2.75) is 25.7 Å². The second-order valence-corrected chi connectivity index (χ2v) is 7.04. The molecule has 1 atom stereocenters. The number of hydrogen-bond acceptors (Lipinski definition) is 3. The van der Waals surface area contributed by atoms with Crippen LogP contribution in [-0.2, 0) is 11.2 Å². The van der Waals surface area contributed by atoms with Crippen LogP contribution in [0, 0.1) is 5.92 Å². The maximum atomic E-state index is 12.0. The second kappa shape index (κ2) is 9.38. The number of ether oxygens (including phenoxy) is 1. The summed E-state index contributed by atoms with van der Waals surface area (Å²) in [4.78, 5) is 24.0. The third-order valence-electron chi connectivity index (χ3n) is 4.50. The lowest BCUT2D eigenvalue weighted by Gasteiger charge is -2.09. The summed E-state index contributed by atoms with van der Waals surface area (Å²) in [6.07, 6.45) is 7.38. The van der Waals surface area contributed by atoms with E-state index < -0.39 is 0 Å². The van der Waals surface area contributed by atoms with Gasteiger partial charge in [-0.15, -0.1) is 0 Å². The molecule has 140 valence electrons. The van der Waals surface area contributed by atoms with Crippen molar-refractivity contribution < 1.29 is 14.3 Å². The van der Waals surface area contributed by atoms with Crippen molar-refractivity contribution in [3.8, 4) is 5.75 Å². The first kappa shape index (κ1) is 19.2. The van der Waals surface area contributed by atoms with Gasteiger partial charge in [-0.3, -0.25) is 9.59 Å². The molecule has 4 nitrogen and oxygen atoms in total. The first-order valence-electron chi connectivity index (χ1n) is 9.10. The zero-order valence-electron chi connectivity index (χ0n) is 15.0. The van der Waals surface area contributed by atoms with Crippen LogP contribution in [-0.4, -0.2) is 18.4 Å². The number of hydrogen-bond donors (Lipinski definition) is 1. The first-order valence-corrected chi connectivity index (χ1v) is 9.48. The molecule has 0 saturated carbocycles. The molecule has 1 aliphatic carbocycles. The van der Waals surface area contributed by atoms with Gasteiger partial charge in [-0.2, -0.15) is 0 Å². The van der Waals surface area contributed by atoms with Crippen LogP contribution in [0.25, 0.3) is 0 Å². The largest absolute Gasteiger partial charge is 0.427 e. The molecule has 3 rings (SSSR count). The van der Waals surface area contributed by atoms with Gasteiger partial charge in [-0.05, 0) is 67.1 Å². The predicted molar refractivity (Wildman–Crippen MR) is 106 cm³/mol. The van der Waals surface area contributed by atoms with Crippen LogP contribution in [0.4, 0.5) is 0 Å². The summed E-state index contributed by atoms with van der Waals surface area (Å²) in [7, 11) is 0. The predicted octanol–water partition coefficient (Wildman–Crippen LogP) is 4.57. The minimum atomic E-state index is -0.200. The minimum Gasteiger partial charge on any atom is -0.427 e. The van der Waals surface area contributed by atoms with E-state index in [9.17, 15) is 9.59 Å². The second-order valence-electron chi connectivity index (χ2n) is 6.60. The molecule has 0 fully saturated rings. The summed E-state index contributed by atoms with van der Waals surface area (Å²) in [6, 6.07) is 14.2. The third kappa shape index (κ3) is 5.97. The Morgan fingerprint density at radius 2 is 1.81 bits per heavy atom. The van der Waals surface area contributed by atoms with Gasteiger partial charge in [0.15, 0.2) is 0 Å². The van der Waals surface area contributed by atoms with E-state index in [-0.39, 0.29) is 11.9 Å². The summed E-state index contributed by atoms with van der Waals surface area (Å²) < 4.78 is 5.39. The Morgan fingerprint density at radius 1 is 1.07 bits per heavy atom. The van der Waals surface area contributed by atoms with Crippen LogP contribution in [0.2, 0.25) is 5.02 Å². The van der Waals surface area contributed by atoms with Crippen LogP contribution in [0.3, 0.4) is 0 Å². The molecular weight excluding hydrogens is 362 g/mol. The number of nitrogens with one attached hydrogen (secondary N) is 1. The molecule has 1 N–H and O–H groups in total. The van der Waals surface area contributed by atoms with Crippen molar-refractivity contribution in [1.82, 2.24) is 5.32 Å². The van der Waals surface area contributed by atoms with Crippen molar-refractivity contribution in [1.29, 1.82) is 0 Å². The summed E-state index contributed by atoms with van der Waals surface area (Å²) in [5.41, 5.74) is 1.64. The molecule has 1 unspecified atom stereocenters. The number of rotatable bonds is 7. The quantitative estimate of drug-likeness (QED) is 0.432. The van der Waals surface area contributed by atoms with Crippen LogP contribution >= 0.6 is 11.6 Å². The standard InChI is InChI=1S/C22H22ClNO3/c23-19-9-7-18(8-10-19)22(26)24-14-13-16-5-11-20(12-6-16)27-21(25)15-17-3-1-2-4-17/h1,3,5-12,17H,2,4,13-15H2,(H,24,26). The van der Waals surface area contributed by atoms with E-state index in [2.05, 4.69) is 17.5 Å². The Hall–Kier alpha value is -2.59. The van der Waals surface area contributed by atoms with Crippen LogP contribution in [0.15, 0.2) is 60.7 Å². The van der Waals surface area contributed by atoms with Gasteiger partial charge >= 0.3 is 5.97 Å². The summed E-state index contributed by atoms with van der Waals surface area (Å²) in [6.45, 7) is 0.522. The molecule has 2 aromatic carbocycles. The molecule has 27 heavy (non-hydrogen) atoms. The van der Waals surface area contributed by atoms with E-state index in [0.29, 0.717) is 41.6 Å². The molecule has 1 amide bonds. The van der Waals surface area contributed by atoms with E-state index >= 15 is 0 Å². The number of esters is 1. The number of carbonyl (C=O) groups excluding carboxylic acids is 2. The molecule has 0 radical (unpaired) electrons. The fourth-order valence-electron chi connectivity index (χ4n) is 3.00. The van der Waals surface area contributed by atoms with Gasteiger partial charge in [0, 0.05) is 17.1 Å². The maximum Gasteiger partial charge on any atom is 0.311 e. The number of halogens is 1. The van der Waals surface area contributed by atoms with E-state index in [4.69, 9.17) is 16.3 Å². The van der Waals surface area contributed by atoms with Gasteiger partial charge in [0.25, 0.3) is 5.91 Å². The van der Waals surface area contributed by atoms with Crippen LogP contribution < -0.4 is 10.1 Å². The monoisotopic (exact) mass is 383 g/mol. The number of allylic oxidation sites excluding steroid dienone is 2. The molecule has 0 aromatic heterocycles. The van der Waals surface area contributed by atoms with E-state index in [0.717, 1.165) is 18.4 Å². The van der Waals surface area contributed by atoms with Gasteiger partial charge in [-0.25, -0.2) is 0 Å². The fraction of sp³-hybridized carbons (Fsp3) is 0.273. The van der Waals surface area contributed by atoms with Crippen LogP contribution in [0.1, 0.15) is 35.2 Å². The normalized spacial score (nSPS) is 15.5. The Labute approximate surface area is 164 Å². The molecule has 0 saturated heterocycles. The summed E-state index contributed by atoms with van der Waals surface area (Å²) in [5, 5.41) is 3.48. The lowest BCUT2D eigenvalue weighted by Crippen LogP contribution is -2.25. The summed E-state index contributed by atoms with van der Waals surface area (Å²) >= 11 is 5.82. The van der Waals surface area contributed by atoms with E-state index in [1.54, 1.807) is 36.4 Å². The highest BCUT2D eigenvalue weighted by Gasteiger charge is 2.15. The molecule has 5 heteroatoms. The van der Waals surface area contributed by atoms with Gasteiger partial charge < -0.3 is 10.1 Å². The molecule has 1 aliphatic rings. The zero-order chi connectivity index (χ0) is 19.1. The van der Waals surface area contributed by atoms with E-state index in [1.807, 2.05) is 12.1 Å². The SMILES string of the molecule is O=C(CC1C=CCC1)Oc1ccc(CCNC(=O)c2ccc(Cl)cc2)cc1. The topological polar surface area (TPSA) is 55.4 Å². The fourth-order valence-corrected chi connectivity index (χ4v) is 3.13. The highest BCUT2D eigenvalue weighted by atomic mass is 35.5. The Morgan fingerprint density at radius 3 is 2.48 bits per heavy atom. The lowest BCUT2D eigenvalue weighted by atomic mass is 10.1. The summed E-state index contributed by atoms with van der Waals surface area (Å²) in [5.74, 6) is 0.532. The molecule has 2 aromatic rings. The highest BCUT2D eigenvalue weighted by molar-refractivity contribution is 6.30. The Kier molecular flexibility index (Phi) is 6.66. The third-order valence-corrected chi connectivity index (χ3v) is 4.75. The van der Waals surface area contributed by atoms with Crippen molar-refractivity contribution in [3.63, 3.8) is 0 Å². The number of amides is 1. The minimum absolute atomic E-state index is 0.127. The lowest BCUT2D eigenvalue weighted by molar-refractivity contribution is -0.135. The Balaban J connectivity index is 1.42. The molecule has 0 spiro atoms. The molecule has 0 aliphatic heterocycles. The number of carbonyl (C=O) groups is 2. The average molecular weight is 384 g/mol. The van der Waals surface area contributed by atoms with Gasteiger partial charge in [0.2, 0.25) is 0 Å². The van der Waals surface area contributed by atoms with Crippen LogP contribution in [0.5, 0.6) is 5.75 Å². The van der Waals surface area contributed by atoms with E-state index in [1.165, 1.54) is 0 Å². The smallest absolute Gasteiger partial charge is 0.311 e. The van der Waals surface area contributed by atoms with Gasteiger partial charge in [-0.1, -0.05) is 35.9 Å². The maximum absolute atomic E-state index is 12.0. The Bertz CT molecular complexity index is 812. The molecular formula is C22H22ClNO3. The van der Waals surface area contributed by atoms with Gasteiger partial charge in [0.1, 0.15) is 5.75 Å². The van der Waals surface area contributed by atoms with Crippen molar-refractivity contribution in [2.75, 3.05) is 6.54 Å². The van der Waals surface area contributed by atoms with Gasteiger partial charge in [0.05, 0.1) is 6.42 Å². The number of benzene rings is 2. The molecule has 0 bridgehead atoms. The van der Waals surface area contributed by atoms with Crippen molar-refractivity contribution in [2.24, 2.45) is 5.92 Å². The first-order chi connectivity index (χ1) is 13.1. The van der Waals surface area contributed by atoms with Crippen molar-refractivity contribution >= 4 is 23.5 Å². The average Bonchev–Trinajstić information content (AvgIpc) is 3.16. The molecule has 0 heterocycles. The van der Waals surface area contributed by atoms with Crippen molar-refractivity contribution in [3.05, 3.63) is 76.8 Å². The zero-order valence-corrected chi connectivity index (χ0v) is 15.7.